The van der Waals surface area contributed by atoms with Crippen LogP contribution < -0.4 is 5.32 Å². The number of hydrogen-bond acceptors (Lipinski definition) is 8. The Hall–Kier alpha value is -2.37. The highest BCUT2D eigenvalue weighted by molar-refractivity contribution is 5.76. The van der Waals surface area contributed by atoms with Crippen molar-refractivity contribution < 1.29 is 39.8 Å². The molecule has 1 heterocycles. The molecule has 0 aromatic rings. The number of aliphatic hydroxyl groups excluding tert-OH is 5. The van der Waals surface area contributed by atoms with E-state index in [1.807, 2.05) is 6.08 Å². The first-order chi connectivity index (χ1) is 27.8. The number of amides is 1. The zero-order valence-electron chi connectivity index (χ0n) is 35.8. The van der Waals surface area contributed by atoms with Crippen LogP contribution in [0.25, 0.3) is 0 Å². The third-order valence-corrected chi connectivity index (χ3v) is 10.3. The number of allylic oxidation sites excluding steroid dienone is 11. The van der Waals surface area contributed by atoms with Gasteiger partial charge in [-0.2, -0.15) is 0 Å². The Morgan fingerprint density at radius 3 is 1.61 bits per heavy atom. The minimum absolute atomic E-state index is 0.194. The largest absolute Gasteiger partial charge is 0.394 e. The Morgan fingerprint density at radius 2 is 1.09 bits per heavy atom. The smallest absolute Gasteiger partial charge is 0.220 e. The Morgan fingerprint density at radius 1 is 0.614 bits per heavy atom. The standard InChI is InChI=1S/C48H83NO8/c1-3-5-7-9-11-13-15-16-17-18-19-20-21-22-23-24-25-26-28-30-32-34-36-38-44(52)49-41(40-56-48-47(55)46(54)45(53)43(39-50)57-48)42(51)37-35-33-31-29-27-14-12-10-8-6-4-2/h5,7,11,13,16-17,19-20,22-23,35,37,41-43,45-48,50-51,53-55H,3-4,6,8-10,12,14-15,18,21,24-34,36,38-40H2,1-2H3,(H,49,52)/b7-5-,13-11-,17-16-,20-19-,23-22-,37-35+. The van der Waals surface area contributed by atoms with Crippen LogP contribution >= 0.6 is 0 Å². The van der Waals surface area contributed by atoms with Crippen LogP contribution in [0.3, 0.4) is 0 Å². The summed E-state index contributed by atoms with van der Waals surface area (Å²) in [6.07, 6.45) is 43.7. The molecule has 0 spiro atoms. The van der Waals surface area contributed by atoms with Gasteiger partial charge in [0.1, 0.15) is 24.4 Å². The van der Waals surface area contributed by atoms with Gasteiger partial charge in [-0.3, -0.25) is 4.79 Å². The van der Waals surface area contributed by atoms with Crippen molar-refractivity contribution in [3.8, 4) is 0 Å². The molecule has 0 saturated carbocycles. The zero-order valence-corrected chi connectivity index (χ0v) is 35.8. The number of unbranched alkanes of at least 4 members (excludes halogenated alkanes) is 16. The third-order valence-electron chi connectivity index (χ3n) is 10.3. The minimum atomic E-state index is -1.57. The summed E-state index contributed by atoms with van der Waals surface area (Å²) >= 11 is 0. The average molecular weight is 802 g/mol. The molecule has 328 valence electrons. The van der Waals surface area contributed by atoms with Crippen LogP contribution in [0.2, 0.25) is 0 Å². The van der Waals surface area contributed by atoms with Crippen molar-refractivity contribution in [2.45, 2.75) is 211 Å². The Balaban J connectivity index is 2.32. The molecule has 1 rings (SSSR count). The molecule has 7 unspecified atom stereocenters. The second kappa shape index (κ2) is 37.9. The van der Waals surface area contributed by atoms with E-state index in [9.17, 15) is 30.3 Å². The van der Waals surface area contributed by atoms with Gasteiger partial charge < -0.3 is 40.3 Å². The van der Waals surface area contributed by atoms with Gasteiger partial charge in [0.05, 0.1) is 25.4 Å². The van der Waals surface area contributed by atoms with E-state index in [4.69, 9.17) is 9.47 Å². The highest BCUT2D eigenvalue weighted by atomic mass is 16.7. The monoisotopic (exact) mass is 802 g/mol. The van der Waals surface area contributed by atoms with Crippen LogP contribution in [0, 0.1) is 0 Å². The maximum atomic E-state index is 12.9. The van der Waals surface area contributed by atoms with E-state index < -0.39 is 49.5 Å². The van der Waals surface area contributed by atoms with Gasteiger partial charge in [0.25, 0.3) is 0 Å². The fourth-order valence-electron chi connectivity index (χ4n) is 6.65. The minimum Gasteiger partial charge on any atom is -0.394 e. The summed E-state index contributed by atoms with van der Waals surface area (Å²) in [5.74, 6) is -0.194. The quantitative estimate of drug-likeness (QED) is 0.0271. The van der Waals surface area contributed by atoms with E-state index >= 15 is 0 Å². The average Bonchev–Trinajstić information content (AvgIpc) is 3.21. The number of hydrogen-bond donors (Lipinski definition) is 6. The molecule has 7 atom stereocenters. The molecule has 1 saturated heterocycles. The lowest BCUT2D eigenvalue weighted by Gasteiger charge is -2.40. The normalized spacial score (nSPS) is 21.7. The fraction of sp³-hybridized carbons (Fsp3) is 0.729. The number of carbonyl (C=O) groups is 1. The predicted octanol–water partition coefficient (Wildman–Crippen LogP) is 9.39. The summed E-state index contributed by atoms with van der Waals surface area (Å²) < 4.78 is 11.2. The summed E-state index contributed by atoms with van der Waals surface area (Å²) in [5.41, 5.74) is 0. The molecule has 0 aliphatic carbocycles. The summed E-state index contributed by atoms with van der Waals surface area (Å²) in [7, 11) is 0. The molecular weight excluding hydrogens is 719 g/mol. The van der Waals surface area contributed by atoms with E-state index in [2.05, 4.69) is 79.9 Å². The number of ether oxygens (including phenoxy) is 2. The third kappa shape index (κ3) is 28.7. The van der Waals surface area contributed by atoms with Crippen molar-refractivity contribution in [1.29, 1.82) is 0 Å². The Bertz CT molecular complexity index is 1120. The molecule has 9 heteroatoms. The maximum absolute atomic E-state index is 12.9. The summed E-state index contributed by atoms with van der Waals surface area (Å²) in [4.78, 5) is 12.9. The Labute approximate surface area is 347 Å². The predicted molar refractivity (Wildman–Crippen MR) is 235 cm³/mol. The molecule has 0 radical (unpaired) electrons. The van der Waals surface area contributed by atoms with Crippen molar-refractivity contribution in [2.24, 2.45) is 0 Å². The first-order valence-corrected chi connectivity index (χ1v) is 22.7. The second-order valence-corrected chi connectivity index (χ2v) is 15.5. The molecule has 6 N–H and O–H groups in total. The van der Waals surface area contributed by atoms with Gasteiger partial charge in [-0.25, -0.2) is 0 Å². The van der Waals surface area contributed by atoms with Gasteiger partial charge in [0, 0.05) is 6.42 Å². The molecular formula is C48H83NO8. The first kappa shape index (κ1) is 52.6. The van der Waals surface area contributed by atoms with Crippen LogP contribution in [0.5, 0.6) is 0 Å². The van der Waals surface area contributed by atoms with Gasteiger partial charge in [-0.15, -0.1) is 0 Å². The zero-order chi connectivity index (χ0) is 41.6. The van der Waals surface area contributed by atoms with E-state index in [-0.39, 0.29) is 12.5 Å². The van der Waals surface area contributed by atoms with Crippen molar-refractivity contribution in [1.82, 2.24) is 5.32 Å². The number of carbonyl (C=O) groups excluding carboxylic acids is 1. The number of aliphatic hydroxyl groups is 5. The van der Waals surface area contributed by atoms with E-state index in [0.29, 0.717) is 6.42 Å². The molecule has 57 heavy (non-hydrogen) atoms. The van der Waals surface area contributed by atoms with E-state index in [0.717, 1.165) is 83.5 Å². The first-order valence-electron chi connectivity index (χ1n) is 22.7. The lowest BCUT2D eigenvalue weighted by Crippen LogP contribution is -2.60. The van der Waals surface area contributed by atoms with Crippen LogP contribution in [-0.4, -0.2) is 87.5 Å². The number of rotatable bonds is 36. The van der Waals surface area contributed by atoms with Crippen LogP contribution in [0.4, 0.5) is 0 Å². The Kier molecular flexibility index (Phi) is 35.0. The molecule has 0 aromatic heterocycles. The molecule has 9 nitrogen and oxygen atoms in total. The highest BCUT2D eigenvalue weighted by Crippen LogP contribution is 2.22. The van der Waals surface area contributed by atoms with Gasteiger partial charge in [-0.1, -0.05) is 170 Å². The molecule has 1 amide bonds. The van der Waals surface area contributed by atoms with Crippen molar-refractivity contribution >= 4 is 5.91 Å². The van der Waals surface area contributed by atoms with Gasteiger partial charge in [0.15, 0.2) is 6.29 Å². The van der Waals surface area contributed by atoms with Crippen LogP contribution in [0.1, 0.15) is 168 Å². The van der Waals surface area contributed by atoms with Crippen LogP contribution in [-0.2, 0) is 14.3 Å². The SMILES string of the molecule is CC/C=C\C/C=C\C/C=C\C/C=C\C/C=C\CCCCCCCCCC(=O)NC(COC1OC(CO)C(O)C(O)C1O)C(O)/C=C/CCCCCCCCCCC. The second-order valence-electron chi connectivity index (χ2n) is 15.5. The molecule has 0 bridgehead atoms. The molecule has 1 aliphatic heterocycles. The van der Waals surface area contributed by atoms with Gasteiger partial charge in [-0.05, 0) is 64.2 Å². The number of nitrogens with one attached hydrogen (secondary N) is 1. The van der Waals surface area contributed by atoms with E-state index in [1.165, 1.54) is 64.2 Å². The summed E-state index contributed by atoms with van der Waals surface area (Å²) in [5, 5.41) is 54.1. The van der Waals surface area contributed by atoms with Gasteiger partial charge in [0.2, 0.25) is 5.91 Å². The maximum Gasteiger partial charge on any atom is 0.220 e. The molecule has 0 aromatic carbocycles. The fourth-order valence-corrected chi connectivity index (χ4v) is 6.65. The molecule has 1 fully saturated rings. The van der Waals surface area contributed by atoms with Crippen molar-refractivity contribution in [3.63, 3.8) is 0 Å². The topological polar surface area (TPSA) is 149 Å². The van der Waals surface area contributed by atoms with Gasteiger partial charge >= 0.3 is 0 Å². The lowest BCUT2D eigenvalue weighted by molar-refractivity contribution is -0.302. The van der Waals surface area contributed by atoms with Crippen molar-refractivity contribution in [3.05, 3.63) is 72.9 Å². The van der Waals surface area contributed by atoms with E-state index in [1.54, 1.807) is 6.08 Å². The highest BCUT2D eigenvalue weighted by Gasteiger charge is 2.44. The summed E-state index contributed by atoms with van der Waals surface area (Å²) in [6.45, 7) is 3.62. The van der Waals surface area contributed by atoms with Crippen LogP contribution in [0.15, 0.2) is 72.9 Å². The summed E-state index contributed by atoms with van der Waals surface area (Å²) in [6, 6.07) is -0.813. The van der Waals surface area contributed by atoms with Crippen molar-refractivity contribution in [2.75, 3.05) is 13.2 Å². The molecule has 1 aliphatic rings. The lowest BCUT2D eigenvalue weighted by atomic mass is 9.99.